The van der Waals surface area contributed by atoms with E-state index < -0.39 is 48.9 Å². The third kappa shape index (κ3) is 5.32. The third-order valence-electron chi connectivity index (χ3n) is 7.86. The number of ether oxygens (including phenoxy) is 2. The number of phenols is 1. The molecule has 2 aromatic rings. The fraction of sp³-hybridized carbons (Fsp3) is 0.379. The van der Waals surface area contributed by atoms with Gasteiger partial charge in [0.2, 0.25) is 11.8 Å². The van der Waals surface area contributed by atoms with E-state index in [0.717, 1.165) is 35.1 Å². The molecule has 1 aromatic carbocycles. The van der Waals surface area contributed by atoms with E-state index in [9.17, 15) is 24.5 Å². The number of hydrogen-bond acceptors (Lipinski definition) is 9. The number of methoxy groups -OCH3 is 2. The maximum atomic E-state index is 13.4. The molecule has 2 N–H and O–H groups in total. The molecule has 3 heterocycles. The smallest absolute Gasteiger partial charge is 0.455 e. The van der Waals surface area contributed by atoms with Crippen molar-refractivity contribution in [1.29, 1.82) is 0 Å². The Hall–Kier alpha value is -3.80. The van der Waals surface area contributed by atoms with Crippen molar-refractivity contribution in [2.75, 3.05) is 20.8 Å². The molecule has 0 bridgehead atoms. The first kappa shape index (κ1) is 27.8. The van der Waals surface area contributed by atoms with Crippen molar-refractivity contribution in [3.05, 3.63) is 71.1 Å². The lowest BCUT2D eigenvalue weighted by Crippen LogP contribution is -2.46. The summed E-state index contributed by atoms with van der Waals surface area (Å²) in [4.78, 5) is 43.9. The summed E-state index contributed by atoms with van der Waals surface area (Å²) in [5, 5.41) is 20.7. The number of allylic oxidation sites excluding steroid dienone is 1. The molecule has 11 heteroatoms. The second-order valence-corrected chi connectivity index (χ2v) is 10.3. The number of aromatic hydroxyl groups is 1. The van der Waals surface area contributed by atoms with Gasteiger partial charge in [-0.1, -0.05) is 18.2 Å². The highest BCUT2D eigenvalue weighted by atomic mass is 16.5. The van der Waals surface area contributed by atoms with Gasteiger partial charge in [0.1, 0.15) is 5.75 Å². The zero-order valence-corrected chi connectivity index (χ0v) is 22.4. The fourth-order valence-corrected chi connectivity index (χ4v) is 6.27. The van der Waals surface area contributed by atoms with Crippen LogP contribution in [0.15, 0.2) is 59.8 Å². The molecule has 3 aliphatic rings. The molecule has 0 unspecified atom stereocenters. The first-order valence-electron chi connectivity index (χ1n) is 13.2. The van der Waals surface area contributed by atoms with E-state index in [2.05, 4.69) is 4.98 Å². The van der Waals surface area contributed by atoms with Crippen LogP contribution in [-0.4, -0.2) is 72.0 Å². The Balaban J connectivity index is 1.48. The van der Waals surface area contributed by atoms with Gasteiger partial charge < -0.3 is 24.3 Å². The van der Waals surface area contributed by atoms with Crippen LogP contribution in [0.5, 0.6) is 5.75 Å². The first-order valence-corrected chi connectivity index (χ1v) is 13.2. The molecule has 2 saturated heterocycles. The average molecular weight is 546 g/mol. The van der Waals surface area contributed by atoms with Gasteiger partial charge in [-0.3, -0.25) is 14.6 Å². The van der Waals surface area contributed by atoms with Gasteiger partial charge in [0.25, 0.3) is 0 Å². The Labute approximate surface area is 232 Å². The second kappa shape index (κ2) is 11.8. The normalized spacial score (nSPS) is 24.7. The number of imide groups is 3. The summed E-state index contributed by atoms with van der Waals surface area (Å²) in [5.74, 6) is -3.05. The monoisotopic (exact) mass is 546 g/mol. The van der Waals surface area contributed by atoms with Crippen molar-refractivity contribution in [2.45, 2.75) is 31.7 Å². The number of rotatable bonds is 7. The topological polar surface area (TPSA) is 135 Å². The van der Waals surface area contributed by atoms with Crippen molar-refractivity contribution < 1.29 is 38.6 Å². The maximum Gasteiger partial charge on any atom is 0.455 e. The largest absolute Gasteiger partial charge is 0.508 e. The van der Waals surface area contributed by atoms with Crippen molar-refractivity contribution in [3.63, 3.8) is 0 Å². The lowest BCUT2D eigenvalue weighted by atomic mass is 9.58. The molecule has 2 fully saturated rings. The number of carbonyl (C=O) groups is 3. The van der Waals surface area contributed by atoms with Crippen LogP contribution < -0.4 is 0 Å². The molecule has 0 radical (unpaired) electrons. The van der Waals surface area contributed by atoms with Crippen molar-refractivity contribution >= 4 is 36.7 Å². The van der Waals surface area contributed by atoms with Gasteiger partial charge >= 0.3 is 13.2 Å². The maximum absolute atomic E-state index is 13.4. The van der Waals surface area contributed by atoms with E-state index >= 15 is 0 Å². The van der Waals surface area contributed by atoms with Gasteiger partial charge in [-0.25, -0.2) is 4.79 Å². The number of carbonyl (C=O) groups excluding carboxylic acids is 3. The van der Waals surface area contributed by atoms with E-state index in [0.29, 0.717) is 17.7 Å². The lowest BCUT2D eigenvalue weighted by Gasteiger charge is -2.43. The molecular weight excluding hydrogens is 515 g/mol. The predicted octanol–water partition coefficient (Wildman–Crippen LogP) is 3.32. The molecule has 0 saturated carbocycles. The number of nitrogens with zero attached hydrogens (tertiary/aromatic N) is 2. The van der Waals surface area contributed by atoms with Crippen LogP contribution >= 0.6 is 0 Å². The summed E-state index contributed by atoms with van der Waals surface area (Å²) in [7, 11) is 1.54. The molecule has 1 aliphatic carbocycles. The highest BCUT2D eigenvalue weighted by Gasteiger charge is 2.59. The van der Waals surface area contributed by atoms with Crippen LogP contribution in [0.25, 0.3) is 11.6 Å². The molecule has 1 aromatic heterocycles. The van der Waals surface area contributed by atoms with E-state index in [1.807, 2.05) is 30.3 Å². The summed E-state index contributed by atoms with van der Waals surface area (Å²) in [6.07, 6.45) is 3.46. The summed E-state index contributed by atoms with van der Waals surface area (Å²) in [5.41, 5.74) is 4.16. The lowest BCUT2D eigenvalue weighted by molar-refractivity contribution is -0.137. The van der Waals surface area contributed by atoms with Gasteiger partial charge in [0.15, 0.2) is 0 Å². The predicted molar refractivity (Wildman–Crippen MR) is 145 cm³/mol. The van der Waals surface area contributed by atoms with Crippen molar-refractivity contribution in [1.82, 2.24) is 9.88 Å². The minimum Gasteiger partial charge on any atom is -0.508 e. The zero-order valence-electron chi connectivity index (χ0n) is 22.4. The number of benzene rings is 1. The van der Waals surface area contributed by atoms with Crippen LogP contribution in [0.1, 0.15) is 30.5 Å². The highest BCUT2D eigenvalue weighted by Crippen LogP contribution is 2.50. The van der Waals surface area contributed by atoms with E-state index in [4.69, 9.17) is 14.1 Å². The van der Waals surface area contributed by atoms with Crippen LogP contribution in [0, 0.1) is 17.8 Å². The summed E-state index contributed by atoms with van der Waals surface area (Å²) in [6.45, 7) is 0.233. The third-order valence-corrected chi connectivity index (χ3v) is 7.86. The van der Waals surface area contributed by atoms with Crippen LogP contribution in [0.2, 0.25) is 6.32 Å². The van der Waals surface area contributed by atoms with Gasteiger partial charge in [-0.15, -0.1) is 0 Å². The quantitative estimate of drug-likeness (QED) is 0.305. The van der Waals surface area contributed by atoms with Crippen molar-refractivity contribution in [2.24, 2.45) is 17.8 Å². The zero-order chi connectivity index (χ0) is 28.4. The minimum atomic E-state index is -1.15. The Morgan fingerprint density at radius 1 is 1.18 bits per heavy atom. The van der Waals surface area contributed by atoms with Gasteiger partial charge in [-0.2, -0.15) is 4.90 Å². The molecule has 5 rings (SSSR count). The SMILES string of the molecule is COCC1=C2[C@@H](CC/C(=C/c3cccc(O)c3)c3ccccn3)OB(O)C[C@@H]2[C@@H]2C(=O)N(C(=O)OC)C(=O)[C@@H]2C1. The molecule has 3 amide bonds. The number of phenolic OH excluding ortho intramolecular Hbond substituents is 1. The van der Waals surface area contributed by atoms with Gasteiger partial charge in [0.05, 0.1) is 37.4 Å². The standard InChI is InChI=1S/C29H31BN2O8/c1-38-16-19-14-21-26(28(35)32(27(21)34)29(36)39-2)22-15-30(37)40-24(25(19)22)10-9-18(23-8-3-4-11-31-23)12-17-6-5-7-20(33)13-17/h3-8,11-13,21-22,24,26,33,37H,9-10,14-16H2,1-2H3/b18-12-/t21-,22+,24-,26-/m1/s1. The molecule has 10 nitrogen and oxygen atoms in total. The van der Waals surface area contributed by atoms with Gasteiger partial charge in [0, 0.05) is 13.3 Å². The Bertz CT molecular complexity index is 1360. The number of aromatic nitrogens is 1. The first-order chi connectivity index (χ1) is 19.3. The number of fused-ring (bicyclic) bond motifs is 3. The Kier molecular flexibility index (Phi) is 8.15. The summed E-state index contributed by atoms with van der Waals surface area (Å²) < 4.78 is 16.2. The molecule has 0 spiro atoms. The number of pyridine rings is 1. The summed E-state index contributed by atoms with van der Waals surface area (Å²) in [6, 6.07) is 12.5. The van der Waals surface area contributed by atoms with Gasteiger partial charge in [-0.05, 0) is 84.1 Å². The average Bonchev–Trinajstić information content (AvgIpc) is 3.20. The number of hydrogen-bond donors (Lipinski definition) is 2. The molecule has 40 heavy (non-hydrogen) atoms. The van der Waals surface area contributed by atoms with E-state index in [-0.39, 0.29) is 25.1 Å². The second-order valence-electron chi connectivity index (χ2n) is 10.3. The van der Waals surface area contributed by atoms with Crippen LogP contribution in [0.3, 0.4) is 0 Å². The Morgan fingerprint density at radius 2 is 2.00 bits per heavy atom. The minimum absolute atomic E-state index is 0.125. The molecule has 2 aliphatic heterocycles. The molecule has 4 atom stereocenters. The highest BCUT2D eigenvalue weighted by molar-refractivity contribution is 6.43. The summed E-state index contributed by atoms with van der Waals surface area (Å²) >= 11 is 0. The van der Waals surface area contributed by atoms with E-state index in [1.165, 1.54) is 0 Å². The van der Waals surface area contributed by atoms with Crippen molar-refractivity contribution in [3.8, 4) is 5.75 Å². The van der Waals surface area contributed by atoms with Crippen LogP contribution in [0.4, 0.5) is 4.79 Å². The Morgan fingerprint density at radius 3 is 2.70 bits per heavy atom. The number of amides is 3. The van der Waals surface area contributed by atoms with E-state index in [1.54, 1.807) is 31.5 Å². The number of likely N-dealkylation sites (tertiary alicyclic amines) is 1. The fourth-order valence-electron chi connectivity index (χ4n) is 6.27. The molecular formula is C29H31BN2O8. The van der Waals surface area contributed by atoms with Crippen LogP contribution in [-0.2, 0) is 23.7 Å². The molecule has 208 valence electrons.